The smallest absolute Gasteiger partial charge is 0.274 e. The van der Waals surface area contributed by atoms with E-state index in [2.05, 4.69) is 29.6 Å². The van der Waals surface area contributed by atoms with Crippen LogP contribution in [0.25, 0.3) is 0 Å². The van der Waals surface area contributed by atoms with Crippen LogP contribution in [0.15, 0.2) is 18.6 Å². The zero-order valence-electron chi connectivity index (χ0n) is 14.3. The molecule has 0 spiro atoms. The minimum Gasteiger partial charge on any atom is -0.335 e. The number of hydrogen-bond donors (Lipinski definition) is 0. The number of piperidine rings is 1. The second kappa shape index (κ2) is 7.26. The van der Waals surface area contributed by atoms with Crippen molar-refractivity contribution in [3.05, 3.63) is 35.9 Å². The Balaban J connectivity index is 1.44. The Hall–Kier alpha value is -2.35. The highest BCUT2D eigenvalue weighted by Crippen LogP contribution is 2.15. The quantitative estimate of drug-likeness (QED) is 0.820. The van der Waals surface area contributed by atoms with E-state index in [0.29, 0.717) is 18.8 Å². The van der Waals surface area contributed by atoms with Crippen molar-refractivity contribution in [2.75, 3.05) is 26.2 Å². The van der Waals surface area contributed by atoms with Gasteiger partial charge >= 0.3 is 0 Å². The van der Waals surface area contributed by atoms with Crippen LogP contribution in [-0.4, -0.2) is 66.6 Å². The number of rotatable bonds is 3. The number of amides is 1. The lowest BCUT2D eigenvalue weighted by molar-refractivity contribution is 0.0752. The van der Waals surface area contributed by atoms with Crippen molar-refractivity contribution in [3.8, 4) is 0 Å². The van der Waals surface area contributed by atoms with Crippen LogP contribution in [0.3, 0.4) is 0 Å². The van der Waals surface area contributed by atoms with Crippen LogP contribution in [0.5, 0.6) is 0 Å². The van der Waals surface area contributed by atoms with Crippen molar-refractivity contribution in [1.29, 1.82) is 0 Å². The molecule has 25 heavy (non-hydrogen) atoms. The minimum absolute atomic E-state index is 0.0654. The molecule has 0 atom stereocenters. The first kappa shape index (κ1) is 16.1. The van der Waals surface area contributed by atoms with E-state index in [1.165, 1.54) is 25.5 Å². The molecule has 8 nitrogen and oxygen atoms in total. The van der Waals surface area contributed by atoms with Crippen LogP contribution in [0.1, 0.15) is 41.4 Å². The van der Waals surface area contributed by atoms with Crippen molar-refractivity contribution in [3.63, 3.8) is 0 Å². The lowest BCUT2D eigenvalue weighted by Crippen LogP contribution is -2.34. The maximum atomic E-state index is 12.6. The van der Waals surface area contributed by atoms with Gasteiger partial charge in [0, 0.05) is 38.4 Å². The molecule has 2 aliphatic heterocycles. The fourth-order valence-corrected chi connectivity index (χ4v) is 3.59. The molecule has 1 amide bonds. The Morgan fingerprint density at radius 3 is 2.68 bits per heavy atom. The summed E-state index contributed by atoms with van der Waals surface area (Å²) in [7, 11) is 0. The van der Waals surface area contributed by atoms with E-state index in [4.69, 9.17) is 0 Å². The van der Waals surface area contributed by atoms with E-state index in [-0.39, 0.29) is 5.91 Å². The van der Waals surface area contributed by atoms with Gasteiger partial charge in [-0.25, -0.2) is 4.98 Å². The van der Waals surface area contributed by atoms with Crippen molar-refractivity contribution >= 4 is 5.91 Å². The van der Waals surface area contributed by atoms with Gasteiger partial charge in [-0.15, -0.1) is 10.2 Å². The zero-order chi connectivity index (χ0) is 17.1. The topological polar surface area (TPSA) is 80.0 Å². The molecule has 4 rings (SSSR count). The third kappa shape index (κ3) is 3.53. The molecule has 1 fully saturated rings. The van der Waals surface area contributed by atoms with Crippen LogP contribution < -0.4 is 0 Å². The first-order valence-electron chi connectivity index (χ1n) is 9.00. The molecular formula is C17H23N7O. The van der Waals surface area contributed by atoms with Crippen molar-refractivity contribution in [2.45, 2.75) is 38.8 Å². The highest BCUT2D eigenvalue weighted by atomic mass is 16.2. The van der Waals surface area contributed by atoms with Gasteiger partial charge in [0.05, 0.1) is 12.7 Å². The molecule has 2 aromatic rings. The molecule has 0 bridgehead atoms. The van der Waals surface area contributed by atoms with E-state index in [9.17, 15) is 4.79 Å². The highest BCUT2D eigenvalue weighted by Gasteiger charge is 2.24. The van der Waals surface area contributed by atoms with Crippen molar-refractivity contribution < 1.29 is 4.79 Å². The Morgan fingerprint density at radius 2 is 1.88 bits per heavy atom. The van der Waals surface area contributed by atoms with Gasteiger partial charge in [-0.3, -0.25) is 14.7 Å². The summed E-state index contributed by atoms with van der Waals surface area (Å²) in [6.45, 7) is 5.15. The summed E-state index contributed by atoms with van der Waals surface area (Å²) in [5.74, 6) is 1.93. The zero-order valence-corrected chi connectivity index (χ0v) is 14.3. The van der Waals surface area contributed by atoms with Gasteiger partial charge in [0.2, 0.25) is 0 Å². The number of nitrogens with zero attached hydrogens (tertiary/aromatic N) is 7. The second-order valence-electron chi connectivity index (χ2n) is 6.65. The van der Waals surface area contributed by atoms with Crippen LogP contribution in [-0.2, 0) is 19.5 Å². The lowest BCUT2D eigenvalue weighted by atomic mass is 10.1. The van der Waals surface area contributed by atoms with E-state index < -0.39 is 0 Å². The Bertz CT molecular complexity index is 724. The van der Waals surface area contributed by atoms with Crippen LogP contribution in [0, 0.1) is 0 Å². The SMILES string of the molecule is O=C(c1cnccn1)N1CCc2nnc(CN3CCCCC3)n2CC1. The molecule has 8 heteroatoms. The molecule has 132 valence electrons. The first-order chi connectivity index (χ1) is 12.3. The molecule has 0 aliphatic carbocycles. The second-order valence-corrected chi connectivity index (χ2v) is 6.65. The normalized spacial score (nSPS) is 18.6. The summed E-state index contributed by atoms with van der Waals surface area (Å²) in [5, 5.41) is 8.78. The molecule has 0 unspecified atom stereocenters. The maximum Gasteiger partial charge on any atom is 0.274 e. The molecule has 0 radical (unpaired) electrons. The van der Waals surface area contributed by atoms with Gasteiger partial charge in [-0.05, 0) is 25.9 Å². The molecule has 0 saturated carbocycles. The van der Waals surface area contributed by atoms with Gasteiger partial charge in [0.1, 0.15) is 17.3 Å². The van der Waals surface area contributed by atoms with Crippen molar-refractivity contribution in [2.24, 2.45) is 0 Å². The fourth-order valence-electron chi connectivity index (χ4n) is 3.59. The van der Waals surface area contributed by atoms with E-state index in [0.717, 1.165) is 44.2 Å². The van der Waals surface area contributed by atoms with E-state index in [1.807, 2.05) is 4.90 Å². The third-order valence-corrected chi connectivity index (χ3v) is 4.99. The maximum absolute atomic E-state index is 12.6. The Kier molecular flexibility index (Phi) is 4.69. The molecule has 0 aromatic carbocycles. The number of likely N-dealkylation sites (tertiary alicyclic amines) is 1. The summed E-state index contributed by atoms with van der Waals surface area (Å²) in [5.41, 5.74) is 0.397. The predicted molar refractivity (Wildman–Crippen MR) is 90.8 cm³/mol. The summed E-state index contributed by atoms with van der Waals surface area (Å²) >= 11 is 0. The number of carbonyl (C=O) groups is 1. The Morgan fingerprint density at radius 1 is 1.00 bits per heavy atom. The number of fused-ring (bicyclic) bond motifs is 1. The van der Waals surface area contributed by atoms with Crippen LogP contribution in [0.4, 0.5) is 0 Å². The molecular weight excluding hydrogens is 318 g/mol. The first-order valence-corrected chi connectivity index (χ1v) is 9.00. The predicted octanol–water partition coefficient (Wildman–Crippen LogP) is 0.752. The largest absolute Gasteiger partial charge is 0.335 e. The molecule has 2 aromatic heterocycles. The molecule has 2 aliphatic rings. The van der Waals surface area contributed by atoms with Gasteiger partial charge < -0.3 is 9.47 Å². The standard InChI is InChI=1S/C17H23N7O/c25-17(14-12-18-5-6-19-14)23-9-4-15-20-21-16(24(15)11-10-23)13-22-7-2-1-3-8-22/h5-6,12H,1-4,7-11,13H2. The van der Waals surface area contributed by atoms with Gasteiger partial charge in [-0.1, -0.05) is 6.42 Å². The summed E-state index contributed by atoms with van der Waals surface area (Å²) in [6, 6.07) is 0. The number of carbonyl (C=O) groups excluding carboxylic acids is 1. The minimum atomic E-state index is -0.0654. The average molecular weight is 341 g/mol. The lowest BCUT2D eigenvalue weighted by Gasteiger charge is -2.26. The van der Waals surface area contributed by atoms with Crippen molar-refractivity contribution in [1.82, 2.24) is 34.5 Å². The molecule has 4 heterocycles. The fraction of sp³-hybridized carbons (Fsp3) is 0.588. The number of aromatic nitrogens is 5. The third-order valence-electron chi connectivity index (χ3n) is 4.99. The summed E-state index contributed by atoms with van der Waals surface area (Å²) < 4.78 is 2.19. The van der Waals surface area contributed by atoms with Crippen LogP contribution >= 0.6 is 0 Å². The summed E-state index contributed by atoms with van der Waals surface area (Å²) in [4.78, 5) is 25.0. The summed E-state index contributed by atoms with van der Waals surface area (Å²) in [6.07, 6.45) is 9.23. The van der Waals surface area contributed by atoms with Gasteiger partial charge in [-0.2, -0.15) is 0 Å². The van der Waals surface area contributed by atoms with E-state index >= 15 is 0 Å². The molecule has 0 N–H and O–H groups in total. The average Bonchev–Trinajstić information content (AvgIpc) is 2.91. The molecule has 1 saturated heterocycles. The van der Waals surface area contributed by atoms with E-state index in [1.54, 1.807) is 12.4 Å². The van der Waals surface area contributed by atoms with Crippen LogP contribution in [0.2, 0.25) is 0 Å². The Labute approximate surface area is 146 Å². The van der Waals surface area contributed by atoms with Gasteiger partial charge in [0.15, 0.2) is 0 Å². The monoisotopic (exact) mass is 341 g/mol. The van der Waals surface area contributed by atoms with Gasteiger partial charge in [0.25, 0.3) is 5.91 Å². The number of hydrogen-bond acceptors (Lipinski definition) is 6. The highest BCUT2D eigenvalue weighted by molar-refractivity contribution is 5.91.